The molecule has 0 unspecified atom stereocenters. The van der Waals surface area contributed by atoms with Crippen LogP contribution in [0.3, 0.4) is 0 Å². The molecule has 4 nitrogen and oxygen atoms in total. The van der Waals surface area contributed by atoms with Crippen molar-refractivity contribution in [1.82, 2.24) is 0 Å². The number of nitrogens with zero attached hydrogens (tertiary/aromatic N) is 1. The van der Waals surface area contributed by atoms with Gasteiger partial charge in [-0.25, -0.2) is 9.79 Å². The maximum atomic E-state index is 11.8. The van der Waals surface area contributed by atoms with Crippen molar-refractivity contribution in [3.8, 4) is 0 Å². The quantitative estimate of drug-likeness (QED) is 0.412. The van der Waals surface area contributed by atoms with Crippen LogP contribution in [-0.4, -0.2) is 23.7 Å². The van der Waals surface area contributed by atoms with Crippen LogP contribution in [0.1, 0.15) is 17.3 Å². The van der Waals surface area contributed by atoms with Crippen LogP contribution in [0.5, 0.6) is 0 Å². The van der Waals surface area contributed by atoms with Gasteiger partial charge in [0.05, 0.1) is 0 Å². The van der Waals surface area contributed by atoms with Gasteiger partial charge in [-0.05, 0) is 0 Å². The first-order chi connectivity index (χ1) is 7.18. The average molecular weight is 203 g/mol. The van der Waals surface area contributed by atoms with Gasteiger partial charge in [0.15, 0.2) is 11.7 Å². The molecule has 0 radical (unpaired) electrons. The van der Waals surface area contributed by atoms with E-state index in [9.17, 15) is 9.59 Å². The van der Waals surface area contributed by atoms with Crippen molar-refractivity contribution in [2.45, 2.75) is 13.0 Å². The number of ketones is 1. The highest BCUT2D eigenvalue weighted by Crippen LogP contribution is 2.12. The second kappa shape index (κ2) is 3.65. The van der Waals surface area contributed by atoms with Gasteiger partial charge in [0.2, 0.25) is 6.04 Å². The lowest BCUT2D eigenvalue weighted by atomic mass is 10.1. The summed E-state index contributed by atoms with van der Waals surface area (Å²) in [7, 11) is 0. The van der Waals surface area contributed by atoms with E-state index in [1.165, 1.54) is 0 Å². The third-order valence-electron chi connectivity index (χ3n) is 2.09. The minimum atomic E-state index is -1.02. The molecule has 0 spiro atoms. The molecule has 1 heterocycles. The standard InChI is InChI=1S/C11H9NO3/c1-7-12-9(11(14)15-7)10(13)8-5-3-2-4-6-8/h2-6,9H,1H3/t9-/m1/s1. The van der Waals surface area contributed by atoms with Crippen LogP contribution < -0.4 is 0 Å². The molecule has 1 atom stereocenters. The van der Waals surface area contributed by atoms with Crippen LogP contribution in [0.15, 0.2) is 35.3 Å². The molecule has 0 aromatic heterocycles. The Hall–Kier alpha value is -1.97. The van der Waals surface area contributed by atoms with Gasteiger partial charge in [0, 0.05) is 12.5 Å². The Labute approximate surface area is 86.6 Å². The van der Waals surface area contributed by atoms with Crippen molar-refractivity contribution >= 4 is 17.7 Å². The summed E-state index contributed by atoms with van der Waals surface area (Å²) in [6.45, 7) is 1.55. The first-order valence-corrected chi connectivity index (χ1v) is 4.54. The van der Waals surface area contributed by atoms with E-state index < -0.39 is 12.0 Å². The average Bonchev–Trinajstić information content (AvgIpc) is 2.58. The van der Waals surface area contributed by atoms with E-state index in [0.29, 0.717) is 5.56 Å². The number of hydrogen-bond donors (Lipinski definition) is 0. The number of aliphatic imine (C=N–C) groups is 1. The van der Waals surface area contributed by atoms with Crippen LogP contribution in [-0.2, 0) is 9.53 Å². The second-order valence-electron chi connectivity index (χ2n) is 3.20. The molecule has 0 amide bonds. The van der Waals surface area contributed by atoms with Crippen molar-refractivity contribution < 1.29 is 14.3 Å². The zero-order valence-corrected chi connectivity index (χ0v) is 8.14. The molecule has 0 aliphatic carbocycles. The Kier molecular flexibility index (Phi) is 2.33. The fraction of sp³-hybridized carbons (Fsp3) is 0.182. The van der Waals surface area contributed by atoms with Crippen molar-refractivity contribution in [3.05, 3.63) is 35.9 Å². The van der Waals surface area contributed by atoms with Crippen LogP contribution in [0.4, 0.5) is 0 Å². The van der Waals surface area contributed by atoms with E-state index in [0.717, 1.165) is 0 Å². The summed E-state index contributed by atoms with van der Waals surface area (Å²) in [6.07, 6.45) is 0. The number of ether oxygens (including phenoxy) is 1. The summed E-state index contributed by atoms with van der Waals surface area (Å²) in [4.78, 5) is 26.9. The summed E-state index contributed by atoms with van der Waals surface area (Å²) < 4.78 is 4.71. The van der Waals surface area contributed by atoms with E-state index in [4.69, 9.17) is 4.74 Å². The molecule has 0 N–H and O–H groups in total. The van der Waals surface area contributed by atoms with E-state index in [1.54, 1.807) is 37.3 Å². The summed E-state index contributed by atoms with van der Waals surface area (Å²) in [6, 6.07) is 7.57. The summed E-state index contributed by atoms with van der Waals surface area (Å²) in [5, 5.41) is 0. The molecule has 4 heteroatoms. The Morgan fingerprint density at radius 3 is 2.53 bits per heavy atom. The summed E-state index contributed by atoms with van der Waals surface area (Å²) >= 11 is 0. The molecule has 0 bridgehead atoms. The summed E-state index contributed by atoms with van der Waals surface area (Å²) in [5.74, 6) is -0.673. The first kappa shape index (κ1) is 9.58. The van der Waals surface area contributed by atoms with Crippen molar-refractivity contribution in [2.24, 2.45) is 4.99 Å². The highest BCUT2D eigenvalue weighted by Gasteiger charge is 2.33. The summed E-state index contributed by atoms with van der Waals surface area (Å²) in [5.41, 5.74) is 0.470. The van der Waals surface area contributed by atoms with Gasteiger partial charge in [0.1, 0.15) is 0 Å². The van der Waals surface area contributed by atoms with Crippen LogP contribution >= 0.6 is 0 Å². The minimum Gasteiger partial charge on any atom is -0.410 e. The molecule has 0 fully saturated rings. The molecular formula is C11H9NO3. The molecule has 15 heavy (non-hydrogen) atoms. The Morgan fingerprint density at radius 1 is 1.33 bits per heavy atom. The number of carbonyl (C=O) groups is 2. The van der Waals surface area contributed by atoms with E-state index in [-0.39, 0.29) is 11.7 Å². The fourth-order valence-electron chi connectivity index (χ4n) is 1.39. The van der Waals surface area contributed by atoms with Gasteiger partial charge < -0.3 is 4.74 Å². The molecule has 0 saturated heterocycles. The number of cyclic esters (lactones) is 1. The van der Waals surface area contributed by atoms with Crippen LogP contribution in [0.2, 0.25) is 0 Å². The van der Waals surface area contributed by atoms with Gasteiger partial charge in [-0.15, -0.1) is 0 Å². The highest BCUT2D eigenvalue weighted by atomic mass is 16.6. The first-order valence-electron chi connectivity index (χ1n) is 4.54. The van der Waals surface area contributed by atoms with Gasteiger partial charge in [0.25, 0.3) is 0 Å². The smallest absolute Gasteiger partial charge is 0.345 e. The molecule has 1 aromatic carbocycles. The topological polar surface area (TPSA) is 55.7 Å². The second-order valence-corrected chi connectivity index (χ2v) is 3.20. The normalized spacial score (nSPS) is 19.7. The molecular weight excluding hydrogens is 194 g/mol. The zero-order chi connectivity index (χ0) is 10.8. The largest absolute Gasteiger partial charge is 0.410 e. The van der Waals surface area contributed by atoms with Crippen molar-refractivity contribution in [3.63, 3.8) is 0 Å². The van der Waals surface area contributed by atoms with E-state index in [2.05, 4.69) is 4.99 Å². The number of carbonyl (C=O) groups excluding carboxylic acids is 2. The highest BCUT2D eigenvalue weighted by molar-refractivity contribution is 6.16. The predicted molar refractivity (Wildman–Crippen MR) is 53.8 cm³/mol. The van der Waals surface area contributed by atoms with Crippen molar-refractivity contribution in [2.75, 3.05) is 0 Å². The monoisotopic (exact) mass is 203 g/mol. The number of benzene rings is 1. The molecule has 2 rings (SSSR count). The maximum absolute atomic E-state index is 11.8. The molecule has 1 aromatic rings. The molecule has 1 aliphatic rings. The van der Waals surface area contributed by atoms with Crippen molar-refractivity contribution in [1.29, 1.82) is 0 Å². The predicted octanol–water partition coefficient (Wildman–Crippen LogP) is 1.21. The van der Waals surface area contributed by atoms with Gasteiger partial charge in [-0.1, -0.05) is 30.3 Å². The fourth-order valence-corrected chi connectivity index (χ4v) is 1.39. The van der Waals surface area contributed by atoms with E-state index in [1.807, 2.05) is 0 Å². The Bertz CT molecular complexity index is 436. The van der Waals surface area contributed by atoms with E-state index >= 15 is 0 Å². The van der Waals surface area contributed by atoms with Crippen LogP contribution in [0.25, 0.3) is 0 Å². The molecule has 1 aliphatic heterocycles. The molecule has 76 valence electrons. The van der Waals surface area contributed by atoms with Gasteiger partial charge >= 0.3 is 5.97 Å². The number of rotatable bonds is 2. The molecule has 0 saturated carbocycles. The Morgan fingerprint density at radius 2 is 2.00 bits per heavy atom. The van der Waals surface area contributed by atoms with Crippen LogP contribution in [0, 0.1) is 0 Å². The third kappa shape index (κ3) is 1.79. The number of hydrogen-bond acceptors (Lipinski definition) is 4. The third-order valence-corrected chi connectivity index (χ3v) is 2.09. The van der Waals surface area contributed by atoms with Gasteiger partial charge in [-0.3, -0.25) is 4.79 Å². The zero-order valence-electron chi connectivity index (χ0n) is 8.14. The SMILES string of the molecule is CC1=N[C@H](C(=O)c2ccccc2)C(=O)O1. The lowest BCUT2D eigenvalue weighted by molar-refractivity contribution is -0.133. The Balaban J connectivity index is 2.26. The lowest BCUT2D eigenvalue weighted by Crippen LogP contribution is -2.25. The minimum absolute atomic E-state index is 0.245. The maximum Gasteiger partial charge on any atom is 0.345 e. The lowest BCUT2D eigenvalue weighted by Gasteiger charge is -2.01. The number of Topliss-reactive ketones (excluding diaryl/α,β-unsaturated/α-hetero) is 1. The van der Waals surface area contributed by atoms with Gasteiger partial charge in [-0.2, -0.15) is 0 Å². The number of esters is 1.